The summed E-state index contributed by atoms with van der Waals surface area (Å²) < 4.78 is 5.45. The topological polar surface area (TPSA) is 79.8 Å². The van der Waals surface area contributed by atoms with Gasteiger partial charge in [0.25, 0.3) is 5.91 Å². The summed E-state index contributed by atoms with van der Waals surface area (Å²) in [4.78, 5) is 44.1. The number of likely N-dealkylation sites (N-methyl/N-ethyl adjacent to an activating group) is 1. The van der Waals surface area contributed by atoms with Gasteiger partial charge >= 0.3 is 0 Å². The number of carbonyl (C=O) groups excluding carboxylic acids is 3. The van der Waals surface area contributed by atoms with E-state index in [4.69, 9.17) is 4.74 Å². The van der Waals surface area contributed by atoms with E-state index in [0.29, 0.717) is 36.4 Å². The predicted molar refractivity (Wildman–Crippen MR) is 104 cm³/mol. The minimum atomic E-state index is -0.301. The highest BCUT2D eigenvalue weighted by Gasteiger charge is 2.29. The summed E-state index contributed by atoms with van der Waals surface area (Å²) in [7, 11) is 1.71. The van der Waals surface area contributed by atoms with Gasteiger partial charge in [0, 0.05) is 38.0 Å². The number of anilines is 1. The molecule has 2 amide bonds. The van der Waals surface area contributed by atoms with Crippen molar-refractivity contribution in [1.29, 1.82) is 0 Å². The number of nitrogens with zero attached hydrogens (tertiary/aromatic N) is 3. The van der Waals surface area contributed by atoms with Crippen LogP contribution in [0.25, 0.3) is 0 Å². The molecule has 0 atom stereocenters. The van der Waals surface area contributed by atoms with E-state index in [1.165, 1.54) is 4.90 Å². The number of pyridine rings is 1. The largest absolute Gasteiger partial charge is 0.482 e. The number of aromatic nitrogens is 1. The molecular formula is C21H23N3O4. The van der Waals surface area contributed by atoms with E-state index in [9.17, 15) is 14.4 Å². The second kappa shape index (κ2) is 8.65. The van der Waals surface area contributed by atoms with Crippen molar-refractivity contribution < 1.29 is 19.1 Å². The molecule has 7 nitrogen and oxygen atoms in total. The van der Waals surface area contributed by atoms with Gasteiger partial charge < -0.3 is 9.64 Å². The van der Waals surface area contributed by atoms with Crippen LogP contribution in [0.1, 0.15) is 29.3 Å². The van der Waals surface area contributed by atoms with E-state index in [0.717, 1.165) is 5.56 Å². The van der Waals surface area contributed by atoms with Crippen LogP contribution in [0, 0.1) is 0 Å². The van der Waals surface area contributed by atoms with Crippen LogP contribution < -0.4 is 9.64 Å². The maximum Gasteiger partial charge on any atom is 0.265 e. The maximum absolute atomic E-state index is 12.7. The van der Waals surface area contributed by atoms with Crippen molar-refractivity contribution in [2.45, 2.75) is 19.8 Å². The number of ether oxygens (including phenoxy) is 1. The summed E-state index contributed by atoms with van der Waals surface area (Å²) in [6.45, 7) is 2.10. The molecule has 0 aliphatic carbocycles. The molecule has 0 bridgehead atoms. The number of hydrogen-bond acceptors (Lipinski definition) is 5. The molecule has 7 heteroatoms. The van der Waals surface area contributed by atoms with Gasteiger partial charge in [0.15, 0.2) is 12.4 Å². The Hall–Kier alpha value is -3.22. The normalized spacial score (nSPS) is 12.9. The Morgan fingerprint density at radius 1 is 1.21 bits per heavy atom. The lowest BCUT2D eigenvalue weighted by Gasteiger charge is -2.30. The molecule has 3 rings (SSSR count). The maximum atomic E-state index is 12.7. The van der Waals surface area contributed by atoms with Crippen LogP contribution in [0.2, 0.25) is 0 Å². The van der Waals surface area contributed by atoms with E-state index in [1.54, 1.807) is 49.5 Å². The molecule has 28 heavy (non-hydrogen) atoms. The average Bonchev–Trinajstić information content (AvgIpc) is 2.73. The van der Waals surface area contributed by atoms with Gasteiger partial charge in [-0.1, -0.05) is 6.92 Å². The Kier molecular flexibility index (Phi) is 6.03. The Bertz CT molecular complexity index is 882. The molecule has 1 aliphatic heterocycles. The van der Waals surface area contributed by atoms with Crippen molar-refractivity contribution >= 4 is 23.3 Å². The molecule has 0 spiro atoms. The number of ketones is 1. The van der Waals surface area contributed by atoms with Crippen LogP contribution in [0.3, 0.4) is 0 Å². The first-order valence-corrected chi connectivity index (χ1v) is 9.23. The Morgan fingerprint density at radius 2 is 1.96 bits per heavy atom. The van der Waals surface area contributed by atoms with Crippen molar-refractivity contribution in [3.05, 3.63) is 53.9 Å². The zero-order chi connectivity index (χ0) is 20.1. The minimum absolute atomic E-state index is 0.0263. The molecular weight excluding hydrogens is 358 g/mol. The van der Waals surface area contributed by atoms with Crippen molar-refractivity contribution in [2.75, 3.05) is 31.6 Å². The Morgan fingerprint density at radius 3 is 2.68 bits per heavy atom. The molecule has 0 unspecified atom stereocenters. The molecule has 0 N–H and O–H groups in total. The molecule has 146 valence electrons. The van der Waals surface area contributed by atoms with Gasteiger partial charge in [-0.25, -0.2) is 0 Å². The lowest BCUT2D eigenvalue weighted by atomic mass is 10.1. The van der Waals surface area contributed by atoms with E-state index >= 15 is 0 Å². The Labute approximate surface area is 163 Å². The van der Waals surface area contributed by atoms with Crippen molar-refractivity contribution in [3.8, 4) is 5.75 Å². The zero-order valence-corrected chi connectivity index (χ0v) is 16.1. The van der Waals surface area contributed by atoms with Gasteiger partial charge in [-0.05, 0) is 42.3 Å². The van der Waals surface area contributed by atoms with E-state index in [-0.39, 0.29) is 30.7 Å². The summed E-state index contributed by atoms with van der Waals surface area (Å²) in [5.41, 5.74) is 2.06. The van der Waals surface area contributed by atoms with E-state index < -0.39 is 0 Å². The predicted octanol–water partition coefficient (Wildman–Crippen LogP) is 2.10. The van der Waals surface area contributed by atoms with Crippen LogP contribution in [-0.4, -0.2) is 54.2 Å². The first-order valence-electron chi connectivity index (χ1n) is 9.23. The Balaban J connectivity index is 1.71. The number of amides is 2. The quantitative estimate of drug-likeness (QED) is 0.686. The molecule has 2 aromatic rings. The van der Waals surface area contributed by atoms with Crippen molar-refractivity contribution in [3.63, 3.8) is 0 Å². The summed E-state index contributed by atoms with van der Waals surface area (Å²) in [5.74, 6) is -0.00646. The molecule has 2 heterocycles. The van der Waals surface area contributed by atoms with Crippen LogP contribution in [0.5, 0.6) is 5.75 Å². The van der Waals surface area contributed by atoms with Gasteiger partial charge in [0.2, 0.25) is 5.91 Å². The highest BCUT2D eigenvalue weighted by atomic mass is 16.5. The number of benzene rings is 1. The third-order valence-electron chi connectivity index (χ3n) is 4.75. The summed E-state index contributed by atoms with van der Waals surface area (Å²) in [6, 6.07) is 8.80. The standard InChI is InChI=1S/C21H23N3O4/c1-3-18(25)16-4-5-19-17(12-16)24(21(27)14-28-19)13-20(26)23(2)11-8-15-6-9-22-10-7-15/h4-7,9-10,12H,3,8,11,13-14H2,1-2H3. The summed E-state index contributed by atoms with van der Waals surface area (Å²) in [5, 5.41) is 0. The number of rotatable bonds is 7. The third kappa shape index (κ3) is 4.36. The fraction of sp³-hybridized carbons (Fsp3) is 0.333. The fourth-order valence-corrected chi connectivity index (χ4v) is 2.98. The highest BCUT2D eigenvalue weighted by Crippen LogP contribution is 2.33. The summed E-state index contributed by atoms with van der Waals surface area (Å²) in [6.07, 6.45) is 4.50. The van der Waals surface area contributed by atoms with Crippen LogP contribution >= 0.6 is 0 Å². The van der Waals surface area contributed by atoms with Gasteiger partial charge in [-0.2, -0.15) is 0 Å². The number of Topliss-reactive ketones (excluding diaryl/α,β-unsaturated/α-hetero) is 1. The lowest BCUT2D eigenvalue weighted by Crippen LogP contribution is -2.46. The second-order valence-corrected chi connectivity index (χ2v) is 6.65. The molecule has 0 saturated carbocycles. The van der Waals surface area contributed by atoms with Crippen LogP contribution in [-0.2, 0) is 16.0 Å². The highest BCUT2D eigenvalue weighted by molar-refractivity contribution is 6.04. The molecule has 1 aliphatic rings. The smallest absolute Gasteiger partial charge is 0.265 e. The molecule has 1 aromatic heterocycles. The molecule has 0 radical (unpaired) electrons. The van der Waals surface area contributed by atoms with E-state index in [1.807, 2.05) is 12.1 Å². The zero-order valence-electron chi connectivity index (χ0n) is 16.1. The number of carbonyl (C=O) groups is 3. The first-order chi connectivity index (χ1) is 13.5. The van der Waals surface area contributed by atoms with Gasteiger partial charge in [-0.15, -0.1) is 0 Å². The van der Waals surface area contributed by atoms with Crippen LogP contribution in [0.4, 0.5) is 5.69 Å². The van der Waals surface area contributed by atoms with E-state index in [2.05, 4.69) is 4.98 Å². The van der Waals surface area contributed by atoms with Crippen molar-refractivity contribution in [2.24, 2.45) is 0 Å². The number of fused-ring (bicyclic) bond motifs is 1. The minimum Gasteiger partial charge on any atom is -0.482 e. The average molecular weight is 381 g/mol. The third-order valence-corrected chi connectivity index (χ3v) is 4.75. The first kappa shape index (κ1) is 19.5. The molecule has 0 saturated heterocycles. The van der Waals surface area contributed by atoms with Gasteiger partial charge in [-0.3, -0.25) is 24.3 Å². The second-order valence-electron chi connectivity index (χ2n) is 6.65. The van der Waals surface area contributed by atoms with Crippen molar-refractivity contribution in [1.82, 2.24) is 9.88 Å². The van der Waals surface area contributed by atoms with Gasteiger partial charge in [0.05, 0.1) is 5.69 Å². The lowest BCUT2D eigenvalue weighted by molar-refractivity contribution is -0.130. The fourth-order valence-electron chi connectivity index (χ4n) is 2.98. The molecule has 1 aromatic carbocycles. The molecule has 0 fully saturated rings. The van der Waals surface area contributed by atoms with Gasteiger partial charge in [0.1, 0.15) is 12.3 Å². The summed E-state index contributed by atoms with van der Waals surface area (Å²) >= 11 is 0. The number of hydrogen-bond donors (Lipinski definition) is 0. The monoisotopic (exact) mass is 381 g/mol. The van der Waals surface area contributed by atoms with Crippen LogP contribution in [0.15, 0.2) is 42.7 Å². The SMILES string of the molecule is CCC(=O)c1ccc2c(c1)N(CC(=O)N(C)CCc1ccncc1)C(=O)CO2.